The normalized spacial score (nSPS) is 17.3. The Morgan fingerprint density at radius 1 is 1.33 bits per heavy atom. The molecule has 24 heavy (non-hydrogen) atoms. The summed E-state index contributed by atoms with van der Waals surface area (Å²) in [6.45, 7) is 0.619. The number of aromatic nitrogens is 2. The maximum Gasteiger partial charge on any atom is 0.264 e. The van der Waals surface area contributed by atoms with E-state index < -0.39 is 6.04 Å². The second-order valence-corrected chi connectivity index (χ2v) is 6.74. The van der Waals surface area contributed by atoms with Gasteiger partial charge in [0, 0.05) is 17.6 Å². The van der Waals surface area contributed by atoms with Crippen LogP contribution in [0.5, 0.6) is 0 Å². The topological polar surface area (TPSA) is 78.1 Å². The van der Waals surface area contributed by atoms with E-state index in [-0.39, 0.29) is 11.8 Å². The minimum Gasteiger partial charge on any atom is -0.326 e. The highest BCUT2D eigenvalue weighted by atomic mass is 32.1. The molecule has 4 rings (SSSR count). The molecule has 3 heterocycles. The van der Waals surface area contributed by atoms with Crippen molar-refractivity contribution in [1.29, 1.82) is 0 Å². The van der Waals surface area contributed by atoms with E-state index in [9.17, 15) is 9.59 Å². The summed E-state index contributed by atoms with van der Waals surface area (Å²) in [5, 5.41) is 12.6. The summed E-state index contributed by atoms with van der Waals surface area (Å²) in [5.74, 6) is -0.206. The molecule has 0 bridgehead atoms. The third-order valence-corrected chi connectivity index (χ3v) is 5.12. The van der Waals surface area contributed by atoms with Crippen LogP contribution in [0.4, 0.5) is 5.69 Å². The zero-order chi connectivity index (χ0) is 16.5. The van der Waals surface area contributed by atoms with Crippen molar-refractivity contribution < 1.29 is 9.59 Å². The Morgan fingerprint density at radius 2 is 2.25 bits per heavy atom. The van der Waals surface area contributed by atoms with E-state index in [0.717, 1.165) is 17.3 Å². The van der Waals surface area contributed by atoms with Gasteiger partial charge in [0.1, 0.15) is 6.04 Å². The van der Waals surface area contributed by atoms with Gasteiger partial charge in [-0.15, -0.1) is 11.3 Å². The lowest BCUT2D eigenvalue weighted by atomic mass is 10.2. The summed E-state index contributed by atoms with van der Waals surface area (Å²) in [6.07, 6.45) is 3.27. The number of carbonyl (C=O) groups is 2. The lowest BCUT2D eigenvalue weighted by Crippen LogP contribution is -2.42. The summed E-state index contributed by atoms with van der Waals surface area (Å²) < 4.78 is 0. The van der Waals surface area contributed by atoms with Gasteiger partial charge in [-0.3, -0.25) is 14.7 Å². The van der Waals surface area contributed by atoms with Crippen LogP contribution in [0, 0.1) is 0 Å². The van der Waals surface area contributed by atoms with Gasteiger partial charge in [-0.25, -0.2) is 0 Å². The minimum absolute atomic E-state index is 0.0633. The van der Waals surface area contributed by atoms with Gasteiger partial charge in [-0.05, 0) is 42.5 Å². The third kappa shape index (κ3) is 2.67. The molecule has 2 aromatic heterocycles. The number of hydrogen-bond donors (Lipinski definition) is 2. The van der Waals surface area contributed by atoms with Gasteiger partial charge < -0.3 is 10.2 Å². The first-order valence-electron chi connectivity index (χ1n) is 7.81. The highest BCUT2D eigenvalue weighted by Crippen LogP contribution is 2.24. The van der Waals surface area contributed by atoms with E-state index >= 15 is 0 Å². The second kappa shape index (κ2) is 6.09. The van der Waals surface area contributed by atoms with Crippen molar-refractivity contribution in [3.8, 4) is 0 Å². The molecule has 122 valence electrons. The number of carbonyl (C=O) groups excluding carboxylic acids is 2. The smallest absolute Gasteiger partial charge is 0.264 e. The second-order valence-electron chi connectivity index (χ2n) is 5.80. The number of H-pyrrole nitrogens is 1. The van der Waals surface area contributed by atoms with E-state index in [1.807, 2.05) is 29.6 Å². The lowest BCUT2D eigenvalue weighted by molar-refractivity contribution is -0.119. The average Bonchev–Trinajstić information content (AvgIpc) is 3.33. The molecule has 3 aromatic rings. The predicted molar refractivity (Wildman–Crippen MR) is 93.1 cm³/mol. The fourth-order valence-corrected chi connectivity index (χ4v) is 3.74. The number of amides is 2. The van der Waals surface area contributed by atoms with Crippen molar-refractivity contribution in [2.75, 3.05) is 11.9 Å². The molecule has 0 saturated carbocycles. The van der Waals surface area contributed by atoms with Gasteiger partial charge in [0.25, 0.3) is 5.91 Å². The highest BCUT2D eigenvalue weighted by molar-refractivity contribution is 7.12. The molecule has 1 atom stereocenters. The van der Waals surface area contributed by atoms with Gasteiger partial charge in [0.05, 0.1) is 16.6 Å². The van der Waals surface area contributed by atoms with Crippen LogP contribution in [0.1, 0.15) is 22.5 Å². The number of anilines is 1. The molecule has 1 saturated heterocycles. The van der Waals surface area contributed by atoms with E-state index in [1.54, 1.807) is 17.2 Å². The molecular weight excluding hydrogens is 324 g/mol. The first-order valence-corrected chi connectivity index (χ1v) is 8.69. The van der Waals surface area contributed by atoms with Gasteiger partial charge in [-0.1, -0.05) is 6.07 Å². The SMILES string of the molecule is O=C(Nc1ccc2cn[nH]c2c1)[C@@H]1CCCN1C(=O)c1cccs1. The van der Waals surface area contributed by atoms with Crippen LogP contribution < -0.4 is 5.32 Å². The lowest BCUT2D eigenvalue weighted by Gasteiger charge is -2.23. The molecule has 0 unspecified atom stereocenters. The van der Waals surface area contributed by atoms with E-state index in [0.29, 0.717) is 23.5 Å². The molecule has 7 heteroatoms. The largest absolute Gasteiger partial charge is 0.326 e. The summed E-state index contributed by atoms with van der Waals surface area (Å²) in [5.41, 5.74) is 1.57. The fraction of sp³-hybridized carbons (Fsp3) is 0.235. The molecule has 0 aliphatic carbocycles. The molecule has 0 spiro atoms. The molecule has 1 fully saturated rings. The van der Waals surface area contributed by atoms with Gasteiger partial charge in [0.2, 0.25) is 5.91 Å². The molecule has 2 amide bonds. The Morgan fingerprint density at radius 3 is 3.08 bits per heavy atom. The number of fused-ring (bicyclic) bond motifs is 1. The standard InChI is InChI=1S/C17H16N4O2S/c22-16(19-12-6-5-11-10-18-20-13(11)9-12)14-3-1-7-21(14)17(23)15-4-2-8-24-15/h2,4-6,8-10,14H,1,3,7H2,(H,18,20)(H,19,22)/t14-/m0/s1. The summed E-state index contributed by atoms with van der Waals surface area (Å²) in [7, 11) is 0. The van der Waals surface area contributed by atoms with Crippen LogP contribution in [0.3, 0.4) is 0 Å². The average molecular weight is 340 g/mol. The Kier molecular flexibility index (Phi) is 3.78. The first kappa shape index (κ1) is 14.9. The number of rotatable bonds is 3. The number of hydrogen-bond acceptors (Lipinski definition) is 4. The van der Waals surface area contributed by atoms with Gasteiger partial charge in [-0.2, -0.15) is 5.10 Å². The van der Waals surface area contributed by atoms with E-state index in [2.05, 4.69) is 15.5 Å². The van der Waals surface area contributed by atoms with Crippen molar-refractivity contribution in [2.24, 2.45) is 0 Å². The van der Waals surface area contributed by atoms with E-state index in [4.69, 9.17) is 0 Å². The van der Waals surface area contributed by atoms with Crippen LogP contribution in [0.25, 0.3) is 10.9 Å². The van der Waals surface area contributed by atoms with E-state index in [1.165, 1.54) is 11.3 Å². The molecular formula is C17H16N4O2S. The molecule has 6 nitrogen and oxygen atoms in total. The minimum atomic E-state index is -0.419. The molecule has 1 aliphatic heterocycles. The fourth-order valence-electron chi connectivity index (χ4n) is 3.06. The quantitative estimate of drug-likeness (QED) is 0.769. The van der Waals surface area contributed by atoms with Crippen LogP contribution in [0.2, 0.25) is 0 Å². The maximum absolute atomic E-state index is 12.6. The number of thiophene rings is 1. The Labute approximate surface area is 142 Å². The molecule has 2 N–H and O–H groups in total. The van der Waals surface area contributed by atoms with Crippen LogP contribution in [-0.2, 0) is 4.79 Å². The summed E-state index contributed by atoms with van der Waals surface area (Å²) in [4.78, 5) is 27.6. The number of likely N-dealkylation sites (tertiary alicyclic amines) is 1. The first-order chi connectivity index (χ1) is 11.7. The number of nitrogens with one attached hydrogen (secondary N) is 2. The van der Waals surface area contributed by atoms with Crippen molar-refractivity contribution in [1.82, 2.24) is 15.1 Å². The van der Waals surface area contributed by atoms with Crippen molar-refractivity contribution in [2.45, 2.75) is 18.9 Å². The zero-order valence-corrected chi connectivity index (χ0v) is 13.7. The number of nitrogens with zero attached hydrogens (tertiary/aromatic N) is 2. The maximum atomic E-state index is 12.6. The van der Waals surface area contributed by atoms with Gasteiger partial charge in [0.15, 0.2) is 0 Å². The van der Waals surface area contributed by atoms with Crippen LogP contribution in [0.15, 0.2) is 41.9 Å². The Bertz CT molecular complexity index is 887. The molecule has 0 radical (unpaired) electrons. The zero-order valence-electron chi connectivity index (χ0n) is 12.9. The number of aromatic amines is 1. The highest BCUT2D eigenvalue weighted by Gasteiger charge is 2.34. The monoisotopic (exact) mass is 340 g/mol. The Hall–Kier alpha value is -2.67. The number of benzene rings is 1. The molecule has 1 aliphatic rings. The molecule has 1 aromatic carbocycles. The summed E-state index contributed by atoms with van der Waals surface area (Å²) in [6, 6.07) is 8.82. The van der Waals surface area contributed by atoms with Crippen LogP contribution in [-0.4, -0.2) is 39.5 Å². The van der Waals surface area contributed by atoms with Crippen molar-refractivity contribution >= 4 is 39.7 Å². The van der Waals surface area contributed by atoms with Gasteiger partial charge >= 0.3 is 0 Å². The van der Waals surface area contributed by atoms with Crippen LogP contribution >= 0.6 is 11.3 Å². The summed E-state index contributed by atoms with van der Waals surface area (Å²) >= 11 is 1.40. The van der Waals surface area contributed by atoms with Crippen molar-refractivity contribution in [3.63, 3.8) is 0 Å². The van der Waals surface area contributed by atoms with Crippen molar-refractivity contribution in [3.05, 3.63) is 46.8 Å². The third-order valence-electron chi connectivity index (χ3n) is 4.26. The predicted octanol–water partition coefficient (Wildman–Crippen LogP) is 2.87. The Balaban J connectivity index is 1.51.